The van der Waals surface area contributed by atoms with Gasteiger partial charge in [-0.05, 0) is 11.6 Å². The molecule has 1 aromatic heterocycles. The molecule has 0 aliphatic rings. The smallest absolute Gasteiger partial charge is 0.244 e. The average Bonchev–Trinajstić information content (AvgIpc) is 2.15. The zero-order valence-corrected chi connectivity index (χ0v) is 7.32. The van der Waals surface area contributed by atoms with Gasteiger partial charge >= 0.3 is 0 Å². The lowest BCUT2D eigenvalue weighted by molar-refractivity contribution is 0.109. The van der Waals surface area contributed by atoms with Crippen molar-refractivity contribution in [3.05, 3.63) is 36.2 Å². The lowest BCUT2D eigenvalue weighted by atomic mass is 10.1. The average molecular weight is 183 g/mol. The minimum atomic E-state index is -2.30. The summed E-state index contributed by atoms with van der Waals surface area (Å²) in [4.78, 5) is 3.87. The number of hydrogen-bond donors (Lipinski definition) is 0. The molecule has 0 N–H and O–H groups in total. The molecular formula is C10H11F2N. The molecule has 1 heterocycles. The molecule has 0 aromatic carbocycles. The van der Waals surface area contributed by atoms with Crippen molar-refractivity contribution in [3.8, 4) is 0 Å². The zero-order chi connectivity index (χ0) is 9.68. The van der Waals surface area contributed by atoms with Crippen LogP contribution in [0, 0.1) is 5.92 Å². The fourth-order valence-electron chi connectivity index (χ4n) is 0.821. The number of allylic oxidation sites excluding steroid dienone is 1. The van der Waals surface area contributed by atoms with Crippen molar-refractivity contribution < 1.29 is 8.78 Å². The van der Waals surface area contributed by atoms with Gasteiger partial charge in [-0.3, -0.25) is 4.98 Å². The predicted molar refractivity (Wildman–Crippen MR) is 48.4 cm³/mol. The third kappa shape index (κ3) is 3.32. The van der Waals surface area contributed by atoms with Gasteiger partial charge in [0.05, 0.1) is 0 Å². The van der Waals surface area contributed by atoms with Gasteiger partial charge in [0.2, 0.25) is 6.43 Å². The first kappa shape index (κ1) is 9.84. The number of alkyl halides is 2. The first-order chi connectivity index (χ1) is 6.20. The molecule has 13 heavy (non-hydrogen) atoms. The lowest BCUT2D eigenvalue weighted by Gasteiger charge is -2.02. The Kier molecular flexibility index (Phi) is 3.55. The molecule has 0 saturated heterocycles. The number of halogens is 2. The van der Waals surface area contributed by atoms with Crippen LogP contribution in [-0.4, -0.2) is 11.4 Å². The normalized spacial score (nSPS) is 13.8. The molecule has 0 spiro atoms. The van der Waals surface area contributed by atoms with E-state index >= 15 is 0 Å². The molecule has 1 aromatic rings. The quantitative estimate of drug-likeness (QED) is 0.702. The Hall–Kier alpha value is -1.25. The fraction of sp³-hybridized carbons (Fsp3) is 0.300. The first-order valence-electron chi connectivity index (χ1n) is 4.06. The van der Waals surface area contributed by atoms with E-state index in [1.807, 2.05) is 6.07 Å². The SMILES string of the molecule is CC(/C=C/c1cccnc1)C(F)F. The van der Waals surface area contributed by atoms with Crippen LogP contribution in [0.25, 0.3) is 6.08 Å². The lowest BCUT2D eigenvalue weighted by Crippen LogP contribution is -2.01. The van der Waals surface area contributed by atoms with Gasteiger partial charge in [-0.15, -0.1) is 0 Å². The third-order valence-electron chi connectivity index (χ3n) is 1.67. The molecule has 0 amide bonds. The second-order valence-electron chi connectivity index (χ2n) is 2.84. The molecule has 0 fully saturated rings. The topological polar surface area (TPSA) is 12.9 Å². The Morgan fingerprint density at radius 3 is 2.77 bits per heavy atom. The first-order valence-corrected chi connectivity index (χ1v) is 4.06. The Morgan fingerprint density at radius 1 is 1.46 bits per heavy atom. The van der Waals surface area contributed by atoms with Crippen LogP contribution < -0.4 is 0 Å². The summed E-state index contributed by atoms with van der Waals surface area (Å²) in [7, 11) is 0. The van der Waals surface area contributed by atoms with Crippen LogP contribution >= 0.6 is 0 Å². The van der Waals surface area contributed by atoms with Crippen molar-refractivity contribution in [1.29, 1.82) is 0 Å². The predicted octanol–water partition coefficient (Wildman–Crippen LogP) is 3.00. The van der Waals surface area contributed by atoms with E-state index in [0.717, 1.165) is 5.56 Å². The van der Waals surface area contributed by atoms with Crippen LogP contribution in [0.2, 0.25) is 0 Å². The zero-order valence-electron chi connectivity index (χ0n) is 7.32. The highest BCUT2D eigenvalue weighted by Crippen LogP contribution is 2.11. The van der Waals surface area contributed by atoms with Gasteiger partial charge < -0.3 is 0 Å². The third-order valence-corrected chi connectivity index (χ3v) is 1.67. The molecule has 70 valence electrons. The summed E-state index contributed by atoms with van der Waals surface area (Å²) in [5.74, 6) is -0.708. The van der Waals surface area contributed by atoms with Crippen molar-refractivity contribution in [1.82, 2.24) is 4.98 Å². The maximum absolute atomic E-state index is 12.1. The number of hydrogen-bond acceptors (Lipinski definition) is 1. The van der Waals surface area contributed by atoms with Crippen LogP contribution in [0.15, 0.2) is 30.6 Å². The second kappa shape index (κ2) is 4.70. The monoisotopic (exact) mass is 183 g/mol. The summed E-state index contributed by atoms with van der Waals surface area (Å²) >= 11 is 0. The molecule has 1 atom stereocenters. The van der Waals surface area contributed by atoms with Crippen molar-refractivity contribution in [2.75, 3.05) is 0 Å². The highest BCUT2D eigenvalue weighted by Gasteiger charge is 2.09. The molecule has 1 unspecified atom stereocenters. The van der Waals surface area contributed by atoms with Crippen LogP contribution in [-0.2, 0) is 0 Å². The second-order valence-corrected chi connectivity index (χ2v) is 2.84. The molecular weight excluding hydrogens is 172 g/mol. The minimum Gasteiger partial charge on any atom is -0.264 e. The Morgan fingerprint density at radius 2 is 2.23 bits per heavy atom. The van der Waals surface area contributed by atoms with Crippen LogP contribution in [0.3, 0.4) is 0 Å². The van der Waals surface area contributed by atoms with E-state index in [1.165, 1.54) is 13.0 Å². The molecule has 0 bridgehead atoms. The van der Waals surface area contributed by atoms with Crippen LogP contribution in [0.5, 0.6) is 0 Å². The highest BCUT2D eigenvalue weighted by molar-refractivity contribution is 5.47. The summed E-state index contributed by atoms with van der Waals surface area (Å²) < 4.78 is 24.1. The van der Waals surface area contributed by atoms with E-state index in [2.05, 4.69) is 4.98 Å². The Bertz CT molecular complexity index is 270. The molecule has 1 rings (SSSR count). The van der Waals surface area contributed by atoms with Gasteiger partial charge in [-0.25, -0.2) is 8.78 Å². The van der Waals surface area contributed by atoms with Gasteiger partial charge in [0.15, 0.2) is 0 Å². The summed E-state index contributed by atoms with van der Waals surface area (Å²) in [6, 6.07) is 3.59. The van der Waals surface area contributed by atoms with E-state index in [-0.39, 0.29) is 0 Å². The number of rotatable bonds is 3. The van der Waals surface area contributed by atoms with Gasteiger partial charge in [-0.1, -0.05) is 25.1 Å². The molecule has 0 aliphatic heterocycles. The van der Waals surface area contributed by atoms with Crippen molar-refractivity contribution in [3.63, 3.8) is 0 Å². The molecule has 0 saturated carbocycles. The fourth-order valence-corrected chi connectivity index (χ4v) is 0.821. The maximum Gasteiger partial charge on any atom is 0.244 e. The maximum atomic E-state index is 12.1. The molecule has 0 aliphatic carbocycles. The Labute approximate surface area is 76.1 Å². The van der Waals surface area contributed by atoms with Gasteiger partial charge in [0.25, 0.3) is 0 Å². The number of nitrogens with zero attached hydrogens (tertiary/aromatic N) is 1. The van der Waals surface area contributed by atoms with E-state index < -0.39 is 12.3 Å². The van der Waals surface area contributed by atoms with Crippen LogP contribution in [0.1, 0.15) is 12.5 Å². The molecule has 0 radical (unpaired) electrons. The van der Waals surface area contributed by atoms with Crippen molar-refractivity contribution in [2.45, 2.75) is 13.3 Å². The summed E-state index contributed by atoms with van der Waals surface area (Å²) in [5, 5.41) is 0. The summed E-state index contributed by atoms with van der Waals surface area (Å²) in [5.41, 5.74) is 0.843. The molecule has 1 nitrogen and oxygen atoms in total. The van der Waals surface area contributed by atoms with Crippen molar-refractivity contribution >= 4 is 6.08 Å². The largest absolute Gasteiger partial charge is 0.264 e. The van der Waals surface area contributed by atoms with Gasteiger partial charge in [0, 0.05) is 18.3 Å². The Balaban J connectivity index is 2.59. The van der Waals surface area contributed by atoms with Gasteiger partial charge in [0.1, 0.15) is 0 Å². The van der Waals surface area contributed by atoms with E-state index in [9.17, 15) is 8.78 Å². The van der Waals surface area contributed by atoms with E-state index in [0.29, 0.717) is 0 Å². The van der Waals surface area contributed by atoms with Crippen molar-refractivity contribution in [2.24, 2.45) is 5.92 Å². The summed E-state index contributed by atoms with van der Waals surface area (Å²) in [6.07, 6.45) is 4.13. The minimum absolute atomic E-state index is 0.708. The standard InChI is InChI=1S/C10H11F2N/c1-8(10(11)12)4-5-9-3-2-6-13-7-9/h2-8,10H,1H3/b5-4+. The summed E-state index contributed by atoms with van der Waals surface area (Å²) in [6.45, 7) is 1.48. The van der Waals surface area contributed by atoms with E-state index in [1.54, 1.807) is 24.5 Å². The van der Waals surface area contributed by atoms with Crippen LogP contribution in [0.4, 0.5) is 8.78 Å². The highest BCUT2D eigenvalue weighted by atomic mass is 19.3. The van der Waals surface area contributed by atoms with E-state index in [4.69, 9.17) is 0 Å². The number of pyridine rings is 1. The molecule has 3 heteroatoms. The number of aromatic nitrogens is 1. The van der Waals surface area contributed by atoms with Gasteiger partial charge in [-0.2, -0.15) is 0 Å².